The molecule has 0 saturated carbocycles. The molecule has 3 rings (SSSR count). The standard InChI is InChI=1S/C16H18N4O2/c1-12-7-8-15(19-18-12)22-14-9-10-20(11-14)16(21)17-13-5-3-2-4-6-13/h2-8,14H,9-11H2,1H3,(H,17,21). The van der Waals surface area contributed by atoms with E-state index in [1.165, 1.54) is 0 Å². The van der Waals surface area contributed by atoms with Gasteiger partial charge in [0, 0.05) is 24.7 Å². The number of aryl methyl sites for hydroxylation is 1. The van der Waals surface area contributed by atoms with Crippen LogP contribution < -0.4 is 10.1 Å². The van der Waals surface area contributed by atoms with Gasteiger partial charge in [-0.1, -0.05) is 18.2 Å². The van der Waals surface area contributed by atoms with Crippen LogP contribution in [0.25, 0.3) is 0 Å². The summed E-state index contributed by atoms with van der Waals surface area (Å²) in [5, 5.41) is 10.8. The van der Waals surface area contributed by atoms with Gasteiger partial charge in [0.15, 0.2) is 0 Å². The van der Waals surface area contributed by atoms with Gasteiger partial charge in [-0.2, -0.15) is 5.10 Å². The van der Waals surface area contributed by atoms with Crippen molar-refractivity contribution in [1.82, 2.24) is 15.1 Å². The Labute approximate surface area is 129 Å². The molecule has 0 radical (unpaired) electrons. The first-order valence-corrected chi connectivity index (χ1v) is 7.29. The summed E-state index contributed by atoms with van der Waals surface area (Å²) < 4.78 is 5.77. The van der Waals surface area contributed by atoms with E-state index in [0.717, 1.165) is 17.8 Å². The van der Waals surface area contributed by atoms with Gasteiger partial charge in [-0.25, -0.2) is 4.79 Å². The van der Waals surface area contributed by atoms with Crippen LogP contribution in [0.3, 0.4) is 0 Å². The van der Waals surface area contributed by atoms with E-state index in [9.17, 15) is 4.79 Å². The van der Waals surface area contributed by atoms with Crippen LogP contribution in [-0.2, 0) is 0 Å². The molecule has 1 aromatic heterocycles. The molecule has 22 heavy (non-hydrogen) atoms. The highest BCUT2D eigenvalue weighted by molar-refractivity contribution is 5.89. The number of nitrogens with one attached hydrogen (secondary N) is 1. The summed E-state index contributed by atoms with van der Waals surface area (Å²) in [5.41, 5.74) is 1.64. The summed E-state index contributed by atoms with van der Waals surface area (Å²) in [6.45, 7) is 3.10. The molecule has 1 aliphatic rings. The van der Waals surface area contributed by atoms with Crippen LogP contribution in [-0.4, -0.2) is 40.3 Å². The Bertz CT molecular complexity index is 630. The summed E-state index contributed by atoms with van der Waals surface area (Å²) in [7, 11) is 0. The third-order valence-corrected chi connectivity index (χ3v) is 3.52. The molecule has 0 aliphatic carbocycles. The molecule has 1 fully saturated rings. The molecule has 1 N–H and O–H groups in total. The number of aromatic nitrogens is 2. The van der Waals surface area contributed by atoms with E-state index in [2.05, 4.69) is 15.5 Å². The minimum Gasteiger partial charge on any atom is -0.471 e. The Morgan fingerprint density at radius 2 is 2.05 bits per heavy atom. The molecule has 1 aromatic carbocycles. The molecule has 6 heteroatoms. The van der Waals surface area contributed by atoms with Crippen molar-refractivity contribution in [2.45, 2.75) is 19.4 Å². The monoisotopic (exact) mass is 298 g/mol. The number of urea groups is 1. The first kappa shape index (κ1) is 14.3. The van der Waals surface area contributed by atoms with Crippen molar-refractivity contribution in [1.29, 1.82) is 0 Å². The second-order valence-electron chi connectivity index (χ2n) is 5.28. The molecular weight excluding hydrogens is 280 g/mol. The molecular formula is C16H18N4O2. The third kappa shape index (κ3) is 3.52. The van der Waals surface area contributed by atoms with Crippen LogP contribution in [0.4, 0.5) is 10.5 Å². The van der Waals surface area contributed by atoms with Gasteiger partial charge in [-0.05, 0) is 25.1 Å². The smallest absolute Gasteiger partial charge is 0.321 e. The molecule has 1 aliphatic heterocycles. The van der Waals surface area contributed by atoms with E-state index in [1.807, 2.05) is 43.3 Å². The van der Waals surface area contributed by atoms with E-state index < -0.39 is 0 Å². The quantitative estimate of drug-likeness (QED) is 0.945. The fraction of sp³-hybridized carbons (Fsp3) is 0.312. The molecule has 2 aromatic rings. The molecule has 2 heterocycles. The Kier molecular flexibility index (Phi) is 4.18. The van der Waals surface area contributed by atoms with Gasteiger partial charge < -0.3 is 15.0 Å². The molecule has 1 unspecified atom stereocenters. The highest BCUT2D eigenvalue weighted by Gasteiger charge is 2.28. The lowest BCUT2D eigenvalue weighted by atomic mass is 10.3. The van der Waals surface area contributed by atoms with Crippen molar-refractivity contribution in [2.24, 2.45) is 0 Å². The number of ether oxygens (including phenoxy) is 1. The number of nitrogens with zero attached hydrogens (tertiary/aromatic N) is 3. The summed E-state index contributed by atoms with van der Waals surface area (Å²) >= 11 is 0. The minimum atomic E-state index is -0.104. The highest BCUT2D eigenvalue weighted by atomic mass is 16.5. The number of carbonyl (C=O) groups is 1. The van der Waals surface area contributed by atoms with Crippen molar-refractivity contribution >= 4 is 11.7 Å². The number of hydrogen-bond acceptors (Lipinski definition) is 4. The number of hydrogen-bond donors (Lipinski definition) is 1. The van der Waals surface area contributed by atoms with Crippen LogP contribution in [0.5, 0.6) is 5.88 Å². The predicted octanol–water partition coefficient (Wildman–Crippen LogP) is 2.47. The van der Waals surface area contributed by atoms with Crippen LogP contribution in [0, 0.1) is 6.92 Å². The summed E-state index contributed by atoms with van der Waals surface area (Å²) in [6.07, 6.45) is 0.746. The van der Waals surface area contributed by atoms with E-state index in [-0.39, 0.29) is 12.1 Å². The lowest BCUT2D eigenvalue weighted by molar-refractivity contribution is 0.188. The van der Waals surface area contributed by atoms with Gasteiger partial charge in [0.2, 0.25) is 5.88 Å². The number of para-hydroxylation sites is 1. The maximum Gasteiger partial charge on any atom is 0.321 e. The Morgan fingerprint density at radius 1 is 1.23 bits per heavy atom. The molecule has 0 bridgehead atoms. The molecule has 0 spiro atoms. The maximum absolute atomic E-state index is 12.2. The Morgan fingerprint density at radius 3 is 2.77 bits per heavy atom. The van der Waals surface area contributed by atoms with Gasteiger partial charge in [-0.3, -0.25) is 0 Å². The second-order valence-corrected chi connectivity index (χ2v) is 5.28. The van der Waals surface area contributed by atoms with Crippen LogP contribution >= 0.6 is 0 Å². The van der Waals surface area contributed by atoms with Gasteiger partial charge in [-0.15, -0.1) is 5.10 Å². The summed E-state index contributed by atoms with van der Waals surface area (Å²) in [4.78, 5) is 13.9. The van der Waals surface area contributed by atoms with Crippen LogP contribution in [0.2, 0.25) is 0 Å². The topological polar surface area (TPSA) is 67.3 Å². The van der Waals surface area contributed by atoms with Crippen molar-refractivity contribution in [3.05, 3.63) is 48.2 Å². The third-order valence-electron chi connectivity index (χ3n) is 3.52. The Balaban J connectivity index is 1.53. The second kappa shape index (κ2) is 6.43. The summed E-state index contributed by atoms with van der Waals surface area (Å²) in [5.74, 6) is 0.501. The van der Waals surface area contributed by atoms with E-state index >= 15 is 0 Å². The zero-order valence-corrected chi connectivity index (χ0v) is 12.4. The van der Waals surface area contributed by atoms with Crippen molar-refractivity contribution in [2.75, 3.05) is 18.4 Å². The SMILES string of the molecule is Cc1ccc(OC2CCN(C(=O)Nc3ccccc3)C2)nn1. The van der Waals surface area contributed by atoms with E-state index in [0.29, 0.717) is 19.0 Å². The largest absolute Gasteiger partial charge is 0.471 e. The maximum atomic E-state index is 12.2. The van der Waals surface area contributed by atoms with Gasteiger partial charge in [0.05, 0.1) is 12.2 Å². The van der Waals surface area contributed by atoms with Crippen molar-refractivity contribution < 1.29 is 9.53 Å². The summed E-state index contributed by atoms with van der Waals surface area (Å²) in [6, 6.07) is 13.0. The van der Waals surface area contributed by atoms with E-state index in [1.54, 1.807) is 11.0 Å². The minimum absolute atomic E-state index is 0.0430. The van der Waals surface area contributed by atoms with Crippen LogP contribution in [0.15, 0.2) is 42.5 Å². The zero-order valence-electron chi connectivity index (χ0n) is 12.4. The van der Waals surface area contributed by atoms with Crippen molar-refractivity contribution in [3.8, 4) is 5.88 Å². The fourth-order valence-corrected chi connectivity index (χ4v) is 2.35. The number of carbonyl (C=O) groups excluding carboxylic acids is 1. The predicted molar refractivity (Wildman–Crippen MR) is 82.8 cm³/mol. The molecule has 1 atom stereocenters. The lowest BCUT2D eigenvalue weighted by Crippen LogP contribution is -2.34. The Hall–Kier alpha value is -2.63. The highest BCUT2D eigenvalue weighted by Crippen LogP contribution is 2.17. The van der Waals surface area contributed by atoms with Gasteiger partial charge in [0.1, 0.15) is 6.10 Å². The number of benzene rings is 1. The molecule has 2 amide bonds. The average molecular weight is 298 g/mol. The van der Waals surface area contributed by atoms with E-state index in [4.69, 9.17) is 4.74 Å². The first-order valence-electron chi connectivity index (χ1n) is 7.29. The lowest BCUT2D eigenvalue weighted by Gasteiger charge is -2.17. The zero-order chi connectivity index (χ0) is 15.4. The first-order chi connectivity index (χ1) is 10.7. The number of rotatable bonds is 3. The number of likely N-dealkylation sites (tertiary alicyclic amines) is 1. The molecule has 6 nitrogen and oxygen atoms in total. The van der Waals surface area contributed by atoms with Crippen molar-refractivity contribution in [3.63, 3.8) is 0 Å². The fourth-order valence-electron chi connectivity index (χ4n) is 2.35. The van der Waals surface area contributed by atoms with Crippen LogP contribution in [0.1, 0.15) is 12.1 Å². The average Bonchev–Trinajstić information content (AvgIpc) is 2.99. The van der Waals surface area contributed by atoms with Gasteiger partial charge >= 0.3 is 6.03 Å². The normalized spacial score (nSPS) is 17.3. The van der Waals surface area contributed by atoms with Gasteiger partial charge in [0.25, 0.3) is 0 Å². The number of anilines is 1. The molecule has 114 valence electrons. The number of amides is 2. The molecule has 1 saturated heterocycles.